The van der Waals surface area contributed by atoms with Crippen molar-refractivity contribution in [2.75, 3.05) is 11.9 Å². The van der Waals surface area contributed by atoms with E-state index in [4.69, 9.17) is 16.3 Å². The molecule has 1 N–H and O–H groups in total. The molecular weight excluding hydrogens is 484 g/mol. The Hall–Kier alpha value is -3.55. The standard InChI is InChI=1S/C27H23ClN2O4S/c1-17-7-12-22(18(2)13-17)29-25(31)15-30-26(32)24(35-27(30)33)14-20-5-3-4-6-23(20)34-16-19-8-10-21(28)11-9-19/h3-14H,15-16H2,1-2H3,(H,29,31)/b24-14+. The van der Waals surface area contributed by atoms with E-state index in [1.807, 2.05) is 50.2 Å². The summed E-state index contributed by atoms with van der Waals surface area (Å²) in [5, 5.41) is 2.93. The van der Waals surface area contributed by atoms with Gasteiger partial charge in [0.05, 0.1) is 4.91 Å². The Labute approximate surface area is 212 Å². The summed E-state index contributed by atoms with van der Waals surface area (Å²) in [5.41, 5.74) is 4.23. The summed E-state index contributed by atoms with van der Waals surface area (Å²) in [6, 6.07) is 20.2. The molecule has 8 heteroatoms. The highest BCUT2D eigenvalue weighted by Crippen LogP contribution is 2.34. The van der Waals surface area contributed by atoms with Crippen molar-refractivity contribution in [3.63, 3.8) is 0 Å². The molecule has 1 fully saturated rings. The third kappa shape index (κ3) is 6.12. The zero-order valence-corrected chi connectivity index (χ0v) is 20.8. The van der Waals surface area contributed by atoms with Gasteiger partial charge in [-0.15, -0.1) is 0 Å². The summed E-state index contributed by atoms with van der Waals surface area (Å²) >= 11 is 6.73. The van der Waals surface area contributed by atoms with E-state index in [0.29, 0.717) is 28.6 Å². The zero-order valence-electron chi connectivity index (χ0n) is 19.2. The number of rotatable bonds is 7. The SMILES string of the molecule is Cc1ccc(NC(=O)CN2C(=O)S/C(=C/c3ccccc3OCc3ccc(Cl)cc3)C2=O)c(C)c1. The van der Waals surface area contributed by atoms with Gasteiger partial charge in [-0.2, -0.15) is 0 Å². The van der Waals surface area contributed by atoms with Crippen LogP contribution < -0.4 is 10.1 Å². The van der Waals surface area contributed by atoms with E-state index in [-0.39, 0.29) is 11.4 Å². The maximum atomic E-state index is 12.9. The Kier molecular flexibility index (Phi) is 7.58. The number of benzene rings is 3. The molecule has 1 heterocycles. The summed E-state index contributed by atoms with van der Waals surface area (Å²) < 4.78 is 5.94. The normalized spacial score (nSPS) is 14.5. The second-order valence-electron chi connectivity index (χ2n) is 8.09. The minimum atomic E-state index is -0.511. The second-order valence-corrected chi connectivity index (χ2v) is 9.52. The molecule has 6 nitrogen and oxygen atoms in total. The number of nitrogens with zero attached hydrogens (tertiary/aromatic N) is 1. The van der Waals surface area contributed by atoms with E-state index in [9.17, 15) is 14.4 Å². The average molecular weight is 507 g/mol. The lowest BCUT2D eigenvalue weighted by Gasteiger charge is -2.14. The summed E-state index contributed by atoms with van der Waals surface area (Å²) in [6.07, 6.45) is 1.62. The Bertz CT molecular complexity index is 1320. The third-order valence-electron chi connectivity index (χ3n) is 5.34. The van der Waals surface area contributed by atoms with E-state index in [1.165, 1.54) is 0 Å². The number of amides is 3. The molecule has 1 aliphatic heterocycles. The number of carbonyl (C=O) groups is 3. The fourth-order valence-electron chi connectivity index (χ4n) is 3.54. The molecule has 0 atom stereocenters. The number of hydrogen-bond acceptors (Lipinski definition) is 5. The van der Waals surface area contributed by atoms with Gasteiger partial charge < -0.3 is 10.1 Å². The summed E-state index contributed by atoms with van der Waals surface area (Å²) in [6.45, 7) is 3.82. The minimum Gasteiger partial charge on any atom is -0.488 e. The van der Waals surface area contributed by atoms with Gasteiger partial charge in [-0.05, 0) is 67.1 Å². The van der Waals surface area contributed by atoms with E-state index in [2.05, 4.69) is 5.32 Å². The number of thioether (sulfide) groups is 1. The molecule has 4 rings (SSSR count). The molecule has 0 aromatic heterocycles. The van der Waals surface area contributed by atoms with Crippen LogP contribution in [-0.2, 0) is 16.2 Å². The van der Waals surface area contributed by atoms with Gasteiger partial charge in [0.2, 0.25) is 5.91 Å². The lowest BCUT2D eigenvalue weighted by Crippen LogP contribution is -2.36. The van der Waals surface area contributed by atoms with Gasteiger partial charge in [-0.25, -0.2) is 0 Å². The highest BCUT2D eigenvalue weighted by atomic mass is 35.5. The van der Waals surface area contributed by atoms with Crippen molar-refractivity contribution < 1.29 is 19.1 Å². The first-order chi connectivity index (χ1) is 16.8. The van der Waals surface area contributed by atoms with E-state index >= 15 is 0 Å². The van der Waals surface area contributed by atoms with Gasteiger partial charge in [0, 0.05) is 16.3 Å². The summed E-state index contributed by atoms with van der Waals surface area (Å²) in [5.74, 6) is -0.377. The molecule has 0 aliphatic carbocycles. The number of imide groups is 1. The van der Waals surface area contributed by atoms with Crippen LogP contribution in [0.1, 0.15) is 22.3 Å². The molecule has 0 radical (unpaired) electrons. The Balaban J connectivity index is 1.44. The fraction of sp³-hybridized carbons (Fsp3) is 0.148. The van der Waals surface area contributed by atoms with Gasteiger partial charge in [-0.3, -0.25) is 19.3 Å². The van der Waals surface area contributed by atoms with Crippen LogP contribution in [0.25, 0.3) is 6.08 Å². The first-order valence-corrected chi connectivity index (χ1v) is 12.1. The largest absolute Gasteiger partial charge is 0.488 e. The van der Waals surface area contributed by atoms with E-state index in [1.54, 1.807) is 36.4 Å². The number of aryl methyl sites for hydroxylation is 2. The molecule has 0 spiro atoms. The van der Waals surface area contributed by atoms with Gasteiger partial charge in [0.25, 0.3) is 11.1 Å². The van der Waals surface area contributed by atoms with Crippen molar-refractivity contribution in [3.05, 3.63) is 98.9 Å². The molecule has 0 unspecified atom stereocenters. The van der Waals surface area contributed by atoms with E-state index < -0.39 is 17.1 Å². The maximum absolute atomic E-state index is 12.9. The zero-order chi connectivity index (χ0) is 24.9. The number of para-hydroxylation sites is 1. The smallest absolute Gasteiger partial charge is 0.294 e. The van der Waals surface area contributed by atoms with Gasteiger partial charge >= 0.3 is 0 Å². The molecule has 3 aromatic carbocycles. The van der Waals surface area contributed by atoms with Crippen LogP contribution in [0.2, 0.25) is 5.02 Å². The minimum absolute atomic E-state index is 0.233. The van der Waals surface area contributed by atoms with Crippen LogP contribution in [0.3, 0.4) is 0 Å². The van der Waals surface area contributed by atoms with Crippen LogP contribution >= 0.6 is 23.4 Å². The third-order valence-corrected chi connectivity index (χ3v) is 6.50. The molecular formula is C27H23ClN2O4S. The predicted octanol–water partition coefficient (Wildman–Crippen LogP) is 6.21. The van der Waals surface area contributed by atoms with Crippen molar-refractivity contribution in [2.45, 2.75) is 20.5 Å². The lowest BCUT2D eigenvalue weighted by molar-refractivity contribution is -0.127. The molecule has 35 heavy (non-hydrogen) atoms. The fourth-order valence-corrected chi connectivity index (χ4v) is 4.49. The van der Waals surface area contributed by atoms with Crippen molar-refractivity contribution in [3.8, 4) is 5.75 Å². The van der Waals surface area contributed by atoms with Crippen molar-refractivity contribution >= 4 is 52.2 Å². The quantitative estimate of drug-likeness (QED) is 0.385. The number of anilines is 1. The van der Waals surface area contributed by atoms with Gasteiger partial charge in [0.1, 0.15) is 18.9 Å². The topological polar surface area (TPSA) is 75.7 Å². The number of nitrogens with one attached hydrogen (secondary N) is 1. The highest BCUT2D eigenvalue weighted by molar-refractivity contribution is 8.18. The number of ether oxygens (including phenoxy) is 1. The lowest BCUT2D eigenvalue weighted by atomic mass is 10.1. The van der Waals surface area contributed by atoms with E-state index in [0.717, 1.165) is 33.4 Å². The van der Waals surface area contributed by atoms with Crippen molar-refractivity contribution in [1.82, 2.24) is 4.90 Å². The Morgan fingerprint density at radius 2 is 1.80 bits per heavy atom. The molecule has 178 valence electrons. The Morgan fingerprint density at radius 3 is 2.54 bits per heavy atom. The molecule has 1 saturated heterocycles. The van der Waals surface area contributed by atoms with Crippen molar-refractivity contribution in [2.24, 2.45) is 0 Å². The van der Waals surface area contributed by atoms with Crippen molar-refractivity contribution in [1.29, 1.82) is 0 Å². The monoisotopic (exact) mass is 506 g/mol. The highest BCUT2D eigenvalue weighted by Gasteiger charge is 2.36. The number of hydrogen-bond donors (Lipinski definition) is 1. The van der Waals surface area contributed by atoms with Crippen LogP contribution in [0.15, 0.2) is 71.6 Å². The summed E-state index contributed by atoms with van der Waals surface area (Å²) in [4.78, 5) is 39.2. The first kappa shape index (κ1) is 24.6. The summed E-state index contributed by atoms with van der Waals surface area (Å²) in [7, 11) is 0. The maximum Gasteiger partial charge on any atom is 0.294 e. The first-order valence-electron chi connectivity index (χ1n) is 10.9. The molecule has 0 bridgehead atoms. The Morgan fingerprint density at radius 1 is 1.06 bits per heavy atom. The van der Waals surface area contributed by atoms with Gasteiger partial charge in [-0.1, -0.05) is 59.6 Å². The van der Waals surface area contributed by atoms with Crippen LogP contribution in [0.4, 0.5) is 10.5 Å². The average Bonchev–Trinajstić information content (AvgIpc) is 3.08. The van der Waals surface area contributed by atoms with Gasteiger partial charge in [0.15, 0.2) is 0 Å². The van der Waals surface area contributed by atoms with Crippen LogP contribution in [0.5, 0.6) is 5.75 Å². The molecule has 1 aliphatic rings. The molecule has 3 aromatic rings. The molecule has 0 saturated carbocycles. The predicted molar refractivity (Wildman–Crippen MR) is 139 cm³/mol. The molecule has 3 amide bonds. The second kappa shape index (κ2) is 10.8. The number of halogens is 1. The number of carbonyl (C=O) groups excluding carboxylic acids is 3. The van der Waals surface area contributed by atoms with Crippen LogP contribution in [-0.4, -0.2) is 28.5 Å². The van der Waals surface area contributed by atoms with Crippen LogP contribution in [0, 0.1) is 13.8 Å².